The molecule has 0 unspecified atom stereocenters. The smallest absolute Gasteiger partial charge is 0.277 e. The lowest BCUT2D eigenvalue weighted by molar-refractivity contribution is 0.300. The maximum Gasteiger partial charge on any atom is 0.277 e. The van der Waals surface area contributed by atoms with Crippen LogP contribution in [0.15, 0.2) is 41.6 Å². The third-order valence-electron chi connectivity index (χ3n) is 5.52. The first-order valence-corrected chi connectivity index (χ1v) is 11.9. The van der Waals surface area contributed by atoms with Gasteiger partial charge in [0.25, 0.3) is 5.56 Å². The Labute approximate surface area is 219 Å². The molecule has 0 radical (unpaired) electrons. The van der Waals surface area contributed by atoms with Crippen molar-refractivity contribution in [2.45, 2.75) is 48.1 Å². The van der Waals surface area contributed by atoms with Gasteiger partial charge in [-0.3, -0.25) is 14.3 Å². The third-order valence-corrected chi connectivity index (χ3v) is 6.20. The molecule has 7 nitrogen and oxygen atoms in total. The van der Waals surface area contributed by atoms with Crippen molar-refractivity contribution in [2.75, 3.05) is 5.32 Å². The molecule has 0 amide bonds. The molecular weight excluding hydrogens is 504 g/mol. The minimum atomic E-state index is -0.555. The van der Waals surface area contributed by atoms with Gasteiger partial charge in [-0.25, -0.2) is 9.37 Å². The Morgan fingerprint density at radius 2 is 1.89 bits per heavy atom. The molecule has 2 N–H and O–H groups in total. The molecule has 0 saturated heterocycles. The van der Waals surface area contributed by atoms with Crippen LogP contribution in [0.25, 0.3) is 5.69 Å². The maximum absolute atomic E-state index is 13.3. The van der Waals surface area contributed by atoms with Crippen molar-refractivity contribution in [2.24, 2.45) is 5.41 Å². The summed E-state index contributed by atoms with van der Waals surface area (Å²) in [6.07, 6.45) is 6.05. The molecule has 0 aliphatic heterocycles. The van der Waals surface area contributed by atoms with Crippen LogP contribution < -0.4 is 15.6 Å². The zero-order chi connectivity index (χ0) is 26.8. The molecule has 0 aliphatic rings. The predicted octanol–water partition coefficient (Wildman–Crippen LogP) is 6.57. The Balaban J connectivity index is 1.95. The number of aryl methyl sites for hydroxylation is 2. The average Bonchev–Trinajstić information content (AvgIpc) is 2.79. The molecule has 3 aromatic heterocycles. The summed E-state index contributed by atoms with van der Waals surface area (Å²) in [7, 11) is 0. The van der Waals surface area contributed by atoms with E-state index >= 15 is 0 Å². The highest BCUT2D eigenvalue weighted by Gasteiger charge is 2.19. The summed E-state index contributed by atoms with van der Waals surface area (Å²) >= 11 is 12.4. The molecule has 0 bridgehead atoms. The van der Waals surface area contributed by atoms with Gasteiger partial charge in [0.2, 0.25) is 0 Å². The van der Waals surface area contributed by atoms with Crippen molar-refractivity contribution in [3.05, 3.63) is 85.5 Å². The van der Waals surface area contributed by atoms with Gasteiger partial charge in [0, 0.05) is 40.8 Å². The van der Waals surface area contributed by atoms with Crippen LogP contribution in [0, 0.1) is 37.4 Å². The van der Waals surface area contributed by atoms with Gasteiger partial charge < -0.3 is 15.5 Å². The Kier molecular flexibility index (Phi) is 8.21. The number of aromatic nitrogens is 3. The van der Waals surface area contributed by atoms with E-state index in [-0.39, 0.29) is 27.8 Å². The quantitative estimate of drug-likeness (QED) is 0.336. The number of pyridine rings is 3. The van der Waals surface area contributed by atoms with Gasteiger partial charge in [0.1, 0.15) is 29.0 Å². The molecule has 0 atom stereocenters. The molecule has 0 spiro atoms. The summed E-state index contributed by atoms with van der Waals surface area (Å²) in [4.78, 5) is 21.7. The Bertz CT molecular complexity index is 1410. The molecule has 0 aromatic carbocycles. The SMILES string of the molecule is Cc1cnc(N/C=C\C(=N)C(C)(C)C)c(C)c1-n1c(C)cc(OCc2ncc(F)cc2Cl)c(Cl)c1=O. The number of rotatable bonds is 7. The van der Waals surface area contributed by atoms with E-state index in [0.717, 1.165) is 23.4 Å². The monoisotopic (exact) mass is 531 g/mol. The van der Waals surface area contributed by atoms with Crippen LogP contribution in [-0.2, 0) is 6.61 Å². The van der Waals surface area contributed by atoms with E-state index in [1.54, 1.807) is 31.5 Å². The molecule has 190 valence electrons. The van der Waals surface area contributed by atoms with Crippen LogP contribution >= 0.6 is 23.2 Å². The summed E-state index contributed by atoms with van der Waals surface area (Å²) in [5, 5.41) is 11.3. The normalized spacial score (nSPS) is 11.7. The number of nitrogens with zero attached hydrogens (tertiary/aromatic N) is 3. The number of anilines is 1. The van der Waals surface area contributed by atoms with Gasteiger partial charge in [-0.1, -0.05) is 44.0 Å². The highest BCUT2D eigenvalue weighted by Crippen LogP contribution is 2.29. The van der Waals surface area contributed by atoms with Gasteiger partial charge >= 0.3 is 0 Å². The minimum Gasteiger partial charge on any atom is -0.485 e. The minimum absolute atomic E-state index is 0.0843. The van der Waals surface area contributed by atoms with Crippen LogP contribution in [0.1, 0.15) is 43.3 Å². The molecule has 36 heavy (non-hydrogen) atoms. The molecule has 3 heterocycles. The van der Waals surface area contributed by atoms with Crippen LogP contribution in [-0.4, -0.2) is 20.2 Å². The van der Waals surface area contributed by atoms with Crippen molar-refractivity contribution in [1.29, 1.82) is 5.41 Å². The fourth-order valence-corrected chi connectivity index (χ4v) is 3.83. The zero-order valence-corrected chi connectivity index (χ0v) is 22.5. The Morgan fingerprint density at radius 3 is 2.53 bits per heavy atom. The fraction of sp³-hybridized carbons (Fsp3) is 0.308. The second-order valence-electron chi connectivity index (χ2n) is 9.38. The van der Waals surface area contributed by atoms with E-state index in [1.807, 2.05) is 34.6 Å². The molecule has 0 fully saturated rings. The second-order valence-corrected chi connectivity index (χ2v) is 10.2. The number of hydrogen-bond donors (Lipinski definition) is 2. The van der Waals surface area contributed by atoms with Crippen LogP contribution in [0.2, 0.25) is 10.0 Å². The first-order chi connectivity index (χ1) is 16.8. The van der Waals surface area contributed by atoms with Crippen molar-refractivity contribution in [1.82, 2.24) is 14.5 Å². The van der Waals surface area contributed by atoms with Gasteiger partial charge in [0.05, 0.1) is 22.6 Å². The zero-order valence-electron chi connectivity index (χ0n) is 21.0. The standard InChI is InChI=1S/C26H28Cl2FN5O2/c1-14-11-33-24(31-8-7-21(30)26(4,5)6)16(3)23(14)34-15(2)9-20(22(28)25(34)35)36-13-19-18(27)10-17(29)12-32-19/h7-12,30H,13H2,1-6H3,(H,31,33)/b8-7-,30-21?. The molecule has 0 saturated carbocycles. The number of nitrogens with one attached hydrogen (secondary N) is 2. The predicted molar refractivity (Wildman–Crippen MR) is 143 cm³/mol. The first-order valence-electron chi connectivity index (χ1n) is 11.1. The van der Waals surface area contributed by atoms with Gasteiger partial charge in [-0.2, -0.15) is 0 Å². The molecular formula is C26H28Cl2FN5O2. The van der Waals surface area contributed by atoms with Crippen molar-refractivity contribution < 1.29 is 9.13 Å². The Morgan fingerprint density at radius 1 is 1.19 bits per heavy atom. The van der Waals surface area contributed by atoms with Gasteiger partial charge in [-0.05, 0) is 38.5 Å². The fourth-order valence-electron chi connectivity index (χ4n) is 3.43. The highest BCUT2D eigenvalue weighted by atomic mass is 35.5. The van der Waals surface area contributed by atoms with Crippen LogP contribution in [0.3, 0.4) is 0 Å². The number of halogens is 3. The van der Waals surface area contributed by atoms with Crippen LogP contribution in [0.4, 0.5) is 10.2 Å². The molecule has 3 rings (SSSR count). The lowest BCUT2D eigenvalue weighted by Gasteiger charge is -2.19. The van der Waals surface area contributed by atoms with Crippen molar-refractivity contribution in [3.8, 4) is 11.4 Å². The van der Waals surface area contributed by atoms with E-state index < -0.39 is 11.4 Å². The van der Waals surface area contributed by atoms with Gasteiger partial charge in [0.15, 0.2) is 0 Å². The van der Waals surface area contributed by atoms with Crippen molar-refractivity contribution in [3.63, 3.8) is 0 Å². The molecule has 10 heteroatoms. The summed E-state index contributed by atoms with van der Waals surface area (Å²) < 4.78 is 20.5. The average molecular weight is 532 g/mol. The number of hydrogen-bond acceptors (Lipinski definition) is 6. The lowest BCUT2D eigenvalue weighted by Crippen LogP contribution is -2.24. The largest absolute Gasteiger partial charge is 0.485 e. The first kappa shape index (κ1) is 27.4. The second kappa shape index (κ2) is 10.8. The van der Waals surface area contributed by atoms with E-state index in [2.05, 4.69) is 15.3 Å². The van der Waals surface area contributed by atoms with E-state index in [0.29, 0.717) is 28.6 Å². The third kappa shape index (κ3) is 5.94. The van der Waals surface area contributed by atoms with Gasteiger partial charge in [-0.15, -0.1) is 0 Å². The number of allylic oxidation sites excluding steroid dienone is 1. The lowest BCUT2D eigenvalue weighted by atomic mass is 9.90. The molecule has 3 aromatic rings. The Hall–Kier alpha value is -3.23. The summed E-state index contributed by atoms with van der Waals surface area (Å²) in [5.41, 5.74) is 2.80. The van der Waals surface area contributed by atoms with Crippen molar-refractivity contribution >= 4 is 34.7 Å². The topological polar surface area (TPSA) is 92.9 Å². The number of ether oxygens (including phenoxy) is 1. The van der Waals surface area contributed by atoms with E-state index in [9.17, 15) is 9.18 Å². The summed E-state index contributed by atoms with van der Waals surface area (Å²) in [5.74, 6) is 0.164. The summed E-state index contributed by atoms with van der Waals surface area (Å²) in [6.45, 7) is 11.3. The van der Waals surface area contributed by atoms with E-state index in [1.165, 1.54) is 4.57 Å². The molecule has 0 aliphatic carbocycles. The highest BCUT2D eigenvalue weighted by molar-refractivity contribution is 6.32. The summed E-state index contributed by atoms with van der Waals surface area (Å²) in [6, 6.07) is 2.79. The van der Waals surface area contributed by atoms with E-state index in [4.69, 9.17) is 33.3 Å². The van der Waals surface area contributed by atoms with Crippen LogP contribution in [0.5, 0.6) is 5.75 Å². The maximum atomic E-state index is 13.3.